The zero-order valence-electron chi connectivity index (χ0n) is 17.2. The fourth-order valence-corrected chi connectivity index (χ4v) is 2.12. The van der Waals surface area contributed by atoms with Crippen LogP contribution in [0.25, 0.3) is 0 Å². The molecule has 1 aromatic rings. The Morgan fingerprint density at radius 3 is 2.29 bits per heavy atom. The van der Waals surface area contributed by atoms with Gasteiger partial charge in [0.25, 0.3) is 5.91 Å². The third kappa shape index (κ3) is 9.80. The van der Waals surface area contributed by atoms with Gasteiger partial charge in [0.2, 0.25) is 0 Å². The van der Waals surface area contributed by atoms with E-state index < -0.39 is 23.8 Å². The van der Waals surface area contributed by atoms with Crippen molar-refractivity contribution in [2.24, 2.45) is 0 Å². The van der Waals surface area contributed by atoms with Gasteiger partial charge in [-0.05, 0) is 51.8 Å². The van der Waals surface area contributed by atoms with Gasteiger partial charge in [-0.1, -0.05) is 12.1 Å². The molecule has 0 fully saturated rings. The van der Waals surface area contributed by atoms with E-state index in [4.69, 9.17) is 14.2 Å². The molecule has 0 aliphatic heterocycles. The largest absolute Gasteiger partial charge is 0.497 e. The Morgan fingerprint density at radius 2 is 1.71 bits per heavy atom. The standard InChI is InChI=1S/C20H30N2O6/c1-14(18(24)22-13-15-8-10-16(26-5)11-9-15)27-17(23)7-6-12-21-19(25)28-20(2,3)4/h8-11,14H,6-7,12-13H2,1-5H3,(H,21,25)(H,22,24)/t14-/m0/s1. The number of benzene rings is 1. The molecule has 0 bridgehead atoms. The van der Waals surface area contributed by atoms with Crippen LogP contribution in [0, 0.1) is 0 Å². The summed E-state index contributed by atoms with van der Waals surface area (Å²) >= 11 is 0. The third-order valence-corrected chi connectivity index (χ3v) is 3.53. The van der Waals surface area contributed by atoms with E-state index >= 15 is 0 Å². The second-order valence-electron chi connectivity index (χ2n) is 7.23. The fourth-order valence-electron chi connectivity index (χ4n) is 2.12. The molecule has 28 heavy (non-hydrogen) atoms. The number of esters is 1. The number of amides is 2. The first-order valence-electron chi connectivity index (χ1n) is 9.17. The van der Waals surface area contributed by atoms with Gasteiger partial charge in [0.15, 0.2) is 6.10 Å². The molecular formula is C20H30N2O6. The normalized spacial score (nSPS) is 11.9. The summed E-state index contributed by atoms with van der Waals surface area (Å²) < 4.78 is 15.3. The highest BCUT2D eigenvalue weighted by Gasteiger charge is 2.18. The van der Waals surface area contributed by atoms with Crippen LogP contribution in [0.5, 0.6) is 5.75 Å². The van der Waals surface area contributed by atoms with Gasteiger partial charge in [0, 0.05) is 19.5 Å². The highest BCUT2D eigenvalue weighted by molar-refractivity contribution is 5.83. The van der Waals surface area contributed by atoms with Crippen LogP contribution in [0.1, 0.15) is 46.1 Å². The van der Waals surface area contributed by atoms with Gasteiger partial charge in [0.1, 0.15) is 11.4 Å². The van der Waals surface area contributed by atoms with Crippen LogP contribution >= 0.6 is 0 Å². The maximum atomic E-state index is 12.0. The minimum Gasteiger partial charge on any atom is -0.497 e. The molecule has 1 aromatic carbocycles. The Hall–Kier alpha value is -2.77. The molecule has 2 N–H and O–H groups in total. The molecule has 0 aliphatic carbocycles. The first-order chi connectivity index (χ1) is 13.1. The average Bonchev–Trinajstić information content (AvgIpc) is 2.62. The van der Waals surface area contributed by atoms with Crippen molar-refractivity contribution in [1.82, 2.24) is 10.6 Å². The van der Waals surface area contributed by atoms with Crippen LogP contribution < -0.4 is 15.4 Å². The number of hydrogen-bond acceptors (Lipinski definition) is 6. The number of rotatable bonds is 9. The van der Waals surface area contributed by atoms with Gasteiger partial charge in [-0.15, -0.1) is 0 Å². The molecule has 1 atom stereocenters. The highest BCUT2D eigenvalue weighted by atomic mass is 16.6. The molecule has 0 radical (unpaired) electrons. The number of carbonyl (C=O) groups excluding carboxylic acids is 3. The molecular weight excluding hydrogens is 364 g/mol. The lowest BCUT2D eigenvalue weighted by Crippen LogP contribution is -2.35. The number of methoxy groups -OCH3 is 1. The molecule has 2 amide bonds. The van der Waals surface area contributed by atoms with E-state index in [0.717, 1.165) is 11.3 Å². The predicted molar refractivity (Wildman–Crippen MR) is 104 cm³/mol. The van der Waals surface area contributed by atoms with Crippen LogP contribution in [0.2, 0.25) is 0 Å². The van der Waals surface area contributed by atoms with E-state index in [9.17, 15) is 14.4 Å². The van der Waals surface area contributed by atoms with Crippen molar-refractivity contribution >= 4 is 18.0 Å². The van der Waals surface area contributed by atoms with Crippen molar-refractivity contribution < 1.29 is 28.6 Å². The quantitative estimate of drug-likeness (QED) is 0.493. The van der Waals surface area contributed by atoms with Gasteiger partial charge in [-0.3, -0.25) is 9.59 Å². The van der Waals surface area contributed by atoms with E-state index in [2.05, 4.69) is 10.6 Å². The minimum atomic E-state index is -0.899. The van der Waals surface area contributed by atoms with Gasteiger partial charge < -0.3 is 24.8 Å². The number of alkyl carbamates (subject to hydrolysis) is 1. The lowest BCUT2D eigenvalue weighted by molar-refractivity contribution is -0.154. The molecule has 1 rings (SSSR count). The molecule has 0 saturated carbocycles. The van der Waals surface area contributed by atoms with E-state index in [-0.39, 0.29) is 18.9 Å². The topological polar surface area (TPSA) is 103 Å². The summed E-state index contributed by atoms with van der Waals surface area (Å²) in [6.45, 7) is 7.42. The van der Waals surface area contributed by atoms with E-state index in [1.807, 2.05) is 12.1 Å². The number of hydrogen-bond donors (Lipinski definition) is 2. The molecule has 8 heteroatoms. The SMILES string of the molecule is COc1ccc(CNC(=O)[C@H](C)OC(=O)CCCNC(=O)OC(C)(C)C)cc1. The van der Waals surface area contributed by atoms with Crippen molar-refractivity contribution in [1.29, 1.82) is 0 Å². The summed E-state index contributed by atoms with van der Waals surface area (Å²) in [5.41, 5.74) is 0.332. The maximum absolute atomic E-state index is 12.0. The number of nitrogens with one attached hydrogen (secondary N) is 2. The van der Waals surface area contributed by atoms with Crippen molar-refractivity contribution in [2.75, 3.05) is 13.7 Å². The molecule has 0 unspecified atom stereocenters. The maximum Gasteiger partial charge on any atom is 0.407 e. The van der Waals surface area contributed by atoms with Crippen molar-refractivity contribution in [3.63, 3.8) is 0 Å². The zero-order valence-corrected chi connectivity index (χ0v) is 17.2. The van der Waals surface area contributed by atoms with Crippen molar-refractivity contribution in [3.8, 4) is 5.75 Å². The van der Waals surface area contributed by atoms with Crippen molar-refractivity contribution in [3.05, 3.63) is 29.8 Å². The third-order valence-electron chi connectivity index (χ3n) is 3.53. The Balaban J connectivity index is 2.23. The number of ether oxygens (including phenoxy) is 3. The Labute approximate surface area is 165 Å². The van der Waals surface area contributed by atoms with Crippen molar-refractivity contribution in [2.45, 2.75) is 58.8 Å². The fraction of sp³-hybridized carbons (Fsp3) is 0.550. The summed E-state index contributed by atoms with van der Waals surface area (Å²) in [7, 11) is 1.58. The first-order valence-corrected chi connectivity index (χ1v) is 9.17. The first kappa shape index (κ1) is 23.3. The van der Waals surface area contributed by atoms with E-state index in [0.29, 0.717) is 13.0 Å². The molecule has 156 valence electrons. The Bertz CT molecular complexity index is 652. The molecule has 0 heterocycles. The molecule has 0 saturated heterocycles. The Morgan fingerprint density at radius 1 is 1.07 bits per heavy atom. The van der Waals surface area contributed by atoms with Gasteiger partial charge >= 0.3 is 12.1 Å². The second-order valence-corrected chi connectivity index (χ2v) is 7.23. The van der Waals surface area contributed by atoms with E-state index in [1.165, 1.54) is 6.92 Å². The summed E-state index contributed by atoms with van der Waals surface area (Å²) in [4.78, 5) is 35.3. The van der Waals surface area contributed by atoms with Gasteiger partial charge in [0.05, 0.1) is 7.11 Å². The second kappa shape index (κ2) is 11.2. The zero-order chi connectivity index (χ0) is 21.2. The summed E-state index contributed by atoms with van der Waals surface area (Å²) in [6.07, 6.45) is -0.957. The molecule has 8 nitrogen and oxygen atoms in total. The summed E-state index contributed by atoms with van der Waals surface area (Å²) in [5.74, 6) is -0.146. The smallest absolute Gasteiger partial charge is 0.407 e. The van der Waals surface area contributed by atoms with Crippen LogP contribution in [0.3, 0.4) is 0 Å². The lowest BCUT2D eigenvalue weighted by atomic mass is 10.2. The predicted octanol–water partition coefficient (Wildman–Crippen LogP) is 2.55. The van der Waals surface area contributed by atoms with Crippen LogP contribution in [0.15, 0.2) is 24.3 Å². The van der Waals surface area contributed by atoms with Crippen LogP contribution in [0.4, 0.5) is 4.79 Å². The highest BCUT2D eigenvalue weighted by Crippen LogP contribution is 2.11. The Kier molecular flexibility index (Phi) is 9.27. The van der Waals surface area contributed by atoms with Gasteiger partial charge in [-0.2, -0.15) is 0 Å². The number of carbonyl (C=O) groups is 3. The molecule has 0 aliphatic rings. The van der Waals surface area contributed by atoms with Gasteiger partial charge in [-0.25, -0.2) is 4.79 Å². The summed E-state index contributed by atoms with van der Waals surface area (Å²) in [5, 5.41) is 5.28. The monoisotopic (exact) mass is 394 g/mol. The lowest BCUT2D eigenvalue weighted by Gasteiger charge is -2.19. The minimum absolute atomic E-state index is 0.0892. The average molecular weight is 394 g/mol. The van der Waals surface area contributed by atoms with Crippen LogP contribution in [-0.2, 0) is 25.6 Å². The molecule has 0 aromatic heterocycles. The van der Waals surface area contributed by atoms with E-state index in [1.54, 1.807) is 40.0 Å². The molecule has 0 spiro atoms. The summed E-state index contributed by atoms with van der Waals surface area (Å²) in [6, 6.07) is 7.29. The van der Waals surface area contributed by atoms with Crippen LogP contribution in [-0.4, -0.2) is 43.3 Å².